The topological polar surface area (TPSA) is 24.1 Å². The van der Waals surface area contributed by atoms with E-state index in [0.717, 1.165) is 35.4 Å². The number of hydrogen-bond donors (Lipinski definition) is 2. The summed E-state index contributed by atoms with van der Waals surface area (Å²) in [6.45, 7) is 4.04. The summed E-state index contributed by atoms with van der Waals surface area (Å²) >= 11 is 6.09. The summed E-state index contributed by atoms with van der Waals surface area (Å²) in [6, 6.07) is 6.75. The van der Waals surface area contributed by atoms with E-state index in [9.17, 15) is 0 Å². The van der Waals surface area contributed by atoms with E-state index >= 15 is 0 Å². The Kier molecular flexibility index (Phi) is 5.33. The Morgan fingerprint density at radius 2 is 1.94 bits per heavy atom. The summed E-state index contributed by atoms with van der Waals surface area (Å²) in [5, 5.41) is 7.91. The Morgan fingerprint density at radius 1 is 1.17 bits per heavy atom. The number of anilines is 1. The first-order valence-corrected chi connectivity index (χ1v) is 7.37. The minimum Gasteiger partial charge on any atom is -0.384 e. The van der Waals surface area contributed by atoms with Crippen molar-refractivity contribution < 1.29 is 0 Å². The molecule has 100 valence electrons. The lowest BCUT2D eigenvalue weighted by Crippen LogP contribution is -2.34. The fourth-order valence-electron chi connectivity index (χ4n) is 2.58. The van der Waals surface area contributed by atoms with Crippen LogP contribution in [0.4, 0.5) is 5.69 Å². The number of hydrogen-bond acceptors (Lipinski definition) is 2. The van der Waals surface area contributed by atoms with Crippen molar-refractivity contribution >= 4 is 17.3 Å². The van der Waals surface area contributed by atoms with E-state index < -0.39 is 0 Å². The van der Waals surface area contributed by atoms with Gasteiger partial charge in [0.15, 0.2) is 0 Å². The highest BCUT2D eigenvalue weighted by Crippen LogP contribution is 2.22. The molecular formula is C15H23ClN2. The highest BCUT2D eigenvalue weighted by atomic mass is 35.5. The Labute approximate surface area is 115 Å². The van der Waals surface area contributed by atoms with E-state index in [0.29, 0.717) is 0 Å². The number of nitrogens with one attached hydrogen (secondary N) is 2. The molecule has 1 aromatic rings. The molecule has 2 N–H and O–H groups in total. The van der Waals surface area contributed by atoms with E-state index in [1.807, 2.05) is 12.1 Å². The first kappa shape index (κ1) is 13.7. The lowest BCUT2D eigenvalue weighted by atomic mass is 9.95. The van der Waals surface area contributed by atoms with Gasteiger partial charge in [-0.25, -0.2) is 0 Å². The van der Waals surface area contributed by atoms with Gasteiger partial charge >= 0.3 is 0 Å². The predicted molar refractivity (Wildman–Crippen MR) is 79.6 cm³/mol. The van der Waals surface area contributed by atoms with Gasteiger partial charge in [0.1, 0.15) is 0 Å². The lowest BCUT2D eigenvalue weighted by Gasteiger charge is -2.23. The van der Waals surface area contributed by atoms with E-state index in [4.69, 9.17) is 11.6 Å². The van der Waals surface area contributed by atoms with Crippen LogP contribution in [-0.4, -0.2) is 19.1 Å². The maximum atomic E-state index is 6.09. The van der Waals surface area contributed by atoms with E-state index in [-0.39, 0.29) is 0 Å². The molecule has 0 bridgehead atoms. The average Bonchev–Trinajstić information content (AvgIpc) is 2.40. The van der Waals surface area contributed by atoms with Gasteiger partial charge in [-0.1, -0.05) is 36.9 Å². The van der Waals surface area contributed by atoms with Crippen molar-refractivity contribution in [2.24, 2.45) is 0 Å². The molecule has 0 radical (unpaired) electrons. The fraction of sp³-hybridized carbons (Fsp3) is 0.600. The van der Waals surface area contributed by atoms with E-state index in [1.165, 1.54) is 32.1 Å². The first-order chi connectivity index (χ1) is 8.77. The molecule has 1 fully saturated rings. The molecule has 0 unspecified atom stereocenters. The molecule has 0 saturated heterocycles. The van der Waals surface area contributed by atoms with Crippen molar-refractivity contribution in [3.8, 4) is 0 Å². The van der Waals surface area contributed by atoms with Crippen LogP contribution in [0, 0.1) is 6.92 Å². The lowest BCUT2D eigenvalue weighted by molar-refractivity contribution is 0.378. The number of rotatable bonds is 5. The second-order valence-corrected chi connectivity index (χ2v) is 5.54. The first-order valence-electron chi connectivity index (χ1n) is 7.00. The Bertz CT molecular complexity index is 373. The van der Waals surface area contributed by atoms with Crippen LogP contribution >= 0.6 is 11.6 Å². The normalized spacial score (nSPS) is 16.8. The van der Waals surface area contributed by atoms with Gasteiger partial charge < -0.3 is 10.6 Å². The van der Waals surface area contributed by atoms with Crippen molar-refractivity contribution in [2.75, 3.05) is 18.4 Å². The smallest absolute Gasteiger partial charge is 0.0455 e. The molecule has 2 nitrogen and oxygen atoms in total. The largest absolute Gasteiger partial charge is 0.384 e. The molecule has 0 aromatic heterocycles. The molecule has 0 amide bonds. The van der Waals surface area contributed by atoms with Crippen LogP contribution in [0.1, 0.15) is 37.7 Å². The van der Waals surface area contributed by atoms with Crippen molar-refractivity contribution in [3.63, 3.8) is 0 Å². The number of halogens is 1. The maximum absolute atomic E-state index is 6.09. The zero-order valence-electron chi connectivity index (χ0n) is 11.1. The molecule has 3 heteroatoms. The SMILES string of the molecule is Cc1c(Cl)cccc1NCCNC1CCCCC1. The van der Waals surface area contributed by atoms with Crippen LogP contribution in [0.25, 0.3) is 0 Å². The monoisotopic (exact) mass is 266 g/mol. The van der Waals surface area contributed by atoms with Gasteiger partial charge in [-0.05, 0) is 37.5 Å². The second kappa shape index (κ2) is 7.01. The summed E-state index contributed by atoms with van der Waals surface area (Å²) in [6.07, 6.45) is 6.88. The van der Waals surface area contributed by atoms with Crippen LogP contribution in [0.3, 0.4) is 0 Å². The molecule has 0 aliphatic heterocycles. The van der Waals surface area contributed by atoms with Gasteiger partial charge in [0.2, 0.25) is 0 Å². The zero-order chi connectivity index (χ0) is 12.8. The van der Waals surface area contributed by atoms with Gasteiger partial charge in [0.25, 0.3) is 0 Å². The predicted octanol–water partition coefficient (Wildman–Crippen LogP) is 3.98. The maximum Gasteiger partial charge on any atom is 0.0455 e. The summed E-state index contributed by atoms with van der Waals surface area (Å²) in [7, 11) is 0. The second-order valence-electron chi connectivity index (χ2n) is 5.13. The molecule has 0 atom stereocenters. The van der Waals surface area contributed by atoms with Gasteiger partial charge in [-0.3, -0.25) is 0 Å². The molecule has 2 rings (SSSR count). The third kappa shape index (κ3) is 3.89. The Hall–Kier alpha value is -0.730. The van der Waals surface area contributed by atoms with Gasteiger partial charge in [0.05, 0.1) is 0 Å². The molecule has 1 aromatic carbocycles. The Balaban J connectivity index is 1.70. The average molecular weight is 267 g/mol. The fourth-order valence-corrected chi connectivity index (χ4v) is 2.75. The quantitative estimate of drug-likeness (QED) is 0.788. The standard InChI is InChI=1S/C15H23ClN2/c1-12-14(16)8-5-9-15(12)18-11-10-17-13-6-3-2-4-7-13/h5,8-9,13,17-18H,2-4,6-7,10-11H2,1H3. The van der Waals surface area contributed by atoms with Crippen LogP contribution in [0.5, 0.6) is 0 Å². The van der Waals surface area contributed by atoms with Crippen molar-refractivity contribution in [1.82, 2.24) is 5.32 Å². The van der Waals surface area contributed by atoms with Crippen LogP contribution in [0.15, 0.2) is 18.2 Å². The van der Waals surface area contributed by atoms with Crippen LogP contribution in [0.2, 0.25) is 5.02 Å². The summed E-state index contributed by atoms with van der Waals surface area (Å²) in [5.74, 6) is 0. The van der Waals surface area contributed by atoms with Gasteiger partial charge in [-0.2, -0.15) is 0 Å². The molecule has 0 spiro atoms. The molecular weight excluding hydrogens is 244 g/mol. The van der Waals surface area contributed by atoms with Gasteiger partial charge in [0, 0.05) is 29.8 Å². The molecule has 1 aliphatic carbocycles. The highest BCUT2D eigenvalue weighted by Gasteiger charge is 2.11. The molecule has 18 heavy (non-hydrogen) atoms. The van der Waals surface area contributed by atoms with Crippen molar-refractivity contribution in [1.29, 1.82) is 0 Å². The van der Waals surface area contributed by atoms with Crippen LogP contribution < -0.4 is 10.6 Å². The number of benzene rings is 1. The van der Waals surface area contributed by atoms with Gasteiger partial charge in [-0.15, -0.1) is 0 Å². The molecule has 1 saturated carbocycles. The minimum atomic E-state index is 0.737. The van der Waals surface area contributed by atoms with E-state index in [1.54, 1.807) is 0 Å². The molecule has 0 heterocycles. The summed E-state index contributed by atoms with van der Waals surface area (Å²) < 4.78 is 0. The van der Waals surface area contributed by atoms with Crippen LogP contribution in [-0.2, 0) is 0 Å². The highest BCUT2D eigenvalue weighted by molar-refractivity contribution is 6.31. The third-order valence-electron chi connectivity index (χ3n) is 3.75. The molecule has 1 aliphatic rings. The van der Waals surface area contributed by atoms with Crippen molar-refractivity contribution in [2.45, 2.75) is 45.1 Å². The minimum absolute atomic E-state index is 0.737. The summed E-state index contributed by atoms with van der Waals surface area (Å²) in [5.41, 5.74) is 2.28. The summed E-state index contributed by atoms with van der Waals surface area (Å²) in [4.78, 5) is 0. The third-order valence-corrected chi connectivity index (χ3v) is 4.16. The Morgan fingerprint density at radius 3 is 2.72 bits per heavy atom. The zero-order valence-corrected chi connectivity index (χ0v) is 11.9. The van der Waals surface area contributed by atoms with E-state index in [2.05, 4.69) is 23.6 Å². The van der Waals surface area contributed by atoms with Crippen molar-refractivity contribution in [3.05, 3.63) is 28.8 Å².